The SMILES string of the molecule is CCN=C/C=C\c1ccccc1. The van der Waals surface area contributed by atoms with Gasteiger partial charge in [-0.1, -0.05) is 36.4 Å². The Morgan fingerprint density at radius 2 is 2.00 bits per heavy atom. The van der Waals surface area contributed by atoms with Crippen LogP contribution in [0.5, 0.6) is 0 Å². The standard InChI is InChI=1S/C11H13N/c1-2-12-10-6-9-11-7-4-3-5-8-11/h3-10H,2H2,1H3/b9-6-,12-10?. The zero-order chi connectivity index (χ0) is 8.65. The molecule has 1 aromatic rings. The Bertz CT molecular complexity index is 260. The largest absolute Gasteiger partial charge is 0.293 e. The van der Waals surface area contributed by atoms with Crippen LogP contribution in [-0.2, 0) is 0 Å². The summed E-state index contributed by atoms with van der Waals surface area (Å²) in [5, 5.41) is 0. The van der Waals surface area contributed by atoms with Crippen LogP contribution in [0, 0.1) is 0 Å². The van der Waals surface area contributed by atoms with Gasteiger partial charge in [-0.25, -0.2) is 0 Å². The molecular weight excluding hydrogens is 146 g/mol. The molecule has 0 aliphatic carbocycles. The molecular formula is C11H13N. The van der Waals surface area contributed by atoms with Crippen molar-refractivity contribution in [2.24, 2.45) is 4.99 Å². The van der Waals surface area contributed by atoms with E-state index in [0.717, 1.165) is 6.54 Å². The normalized spacial score (nSPS) is 11.4. The summed E-state index contributed by atoms with van der Waals surface area (Å²) < 4.78 is 0. The molecule has 1 heteroatoms. The lowest BCUT2D eigenvalue weighted by Gasteiger charge is -1.87. The summed E-state index contributed by atoms with van der Waals surface area (Å²) in [6.07, 6.45) is 5.82. The van der Waals surface area contributed by atoms with Crippen LogP contribution < -0.4 is 0 Å². The highest BCUT2D eigenvalue weighted by atomic mass is 14.7. The number of benzene rings is 1. The van der Waals surface area contributed by atoms with E-state index in [1.165, 1.54) is 5.56 Å². The van der Waals surface area contributed by atoms with Gasteiger partial charge in [-0.15, -0.1) is 0 Å². The van der Waals surface area contributed by atoms with Crippen molar-refractivity contribution >= 4 is 12.3 Å². The average molecular weight is 159 g/mol. The number of aliphatic imine (C=N–C) groups is 1. The molecule has 62 valence electrons. The van der Waals surface area contributed by atoms with E-state index in [0.29, 0.717) is 0 Å². The van der Waals surface area contributed by atoms with Crippen molar-refractivity contribution in [3.63, 3.8) is 0 Å². The van der Waals surface area contributed by atoms with Gasteiger partial charge in [0.15, 0.2) is 0 Å². The first kappa shape index (κ1) is 8.72. The molecule has 0 aromatic heterocycles. The summed E-state index contributed by atoms with van der Waals surface area (Å²) in [5.74, 6) is 0. The zero-order valence-corrected chi connectivity index (χ0v) is 7.27. The third-order valence-corrected chi connectivity index (χ3v) is 1.46. The van der Waals surface area contributed by atoms with Crippen molar-refractivity contribution in [3.8, 4) is 0 Å². The Kier molecular flexibility index (Phi) is 3.86. The molecule has 1 rings (SSSR count). The maximum atomic E-state index is 4.08. The topological polar surface area (TPSA) is 12.4 Å². The van der Waals surface area contributed by atoms with Crippen molar-refractivity contribution in [2.45, 2.75) is 6.92 Å². The molecule has 0 bridgehead atoms. The Hall–Kier alpha value is -1.37. The quantitative estimate of drug-likeness (QED) is 0.601. The fourth-order valence-electron chi connectivity index (χ4n) is 0.885. The number of allylic oxidation sites excluding steroid dienone is 1. The predicted octanol–water partition coefficient (Wildman–Crippen LogP) is 2.79. The Morgan fingerprint density at radius 1 is 1.25 bits per heavy atom. The van der Waals surface area contributed by atoms with Gasteiger partial charge in [0.25, 0.3) is 0 Å². The molecule has 0 aliphatic heterocycles. The fourth-order valence-corrected chi connectivity index (χ4v) is 0.885. The van der Waals surface area contributed by atoms with Gasteiger partial charge >= 0.3 is 0 Å². The van der Waals surface area contributed by atoms with Crippen molar-refractivity contribution in [3.05, 3.63) is 42.0 Å². The number of rotatable bonds is 3. The van der Waals surface area contributed by atoms with Crippen LogP contribution in [0.4, 0.5) is 0 Å². The lowest BCUT2D eigenvalue weighted by molar-refractivity contribution is 1.14. The zero-order valence-electron chi connectivity index (χ0n) is 7.27. The lowest BCUT2D eigenvalue weighted by Crippen LogP contribution is -1.71. The third-order valence-electron chi connectivity index (χ3n) is 1.46. The molecule has 0 fully saturated rings. The minimum Gasteiger partial charge on any atom is -0.293 e. The molecule has 1 aromatic carbocycles. The molecule has 12 heavy (non-hydrogen) atoms. The van der Waals surface area contributed by atoms with Crippen molar-refractivity contribution in [2.75, 3.05) is 6.54 Å². The van der Waals surface area contributed by atoms with Crippen LogP contribution in [0.25, 0.3) is 6.08 Å². The van der Waals surface area contributed by atoms with Gasteiger partial charge in [0, 0.05) is 12.8 Å². The number of nitrogens with zero attached hydrogens (tertiary/aromatic N) is 1. The van der Waals surface area contributed by atoms with Gasteiger partial charge in [-0.3, -0.25) is 4.99 Å². The van der Waals surface area contributed by atoms with E-state index in [1.54, 1.807) is 0 Å². The first-order valence-electron chi connectivity index (χ1n) is 4.15. The van der Waals surface area contributed by atoms with E-state index in [2.05, 4.69) is 17.1 Å². The van der Waals surface area contributed by atoms with Crippen LogP contribution in [-0.4, -0.2) is 12.8 Å². The minimum atomic E-state index is 0.846. The lowest BCUT2D eigenvalue weighted by atomic mass is 10.2. The molecule has 0 heterocycles. The molecule has 0 N–H and O–H groups in total. The highest BCUT2D eigenvalue weighted by Crippen LogP contribution is 1.99. The second-order valence-electron chi connectivity index (χ2n) is 2.42. The first-order valence-corrected chi connectivity index (χ1v) is 4.15. The second-order valence-corrected chi connectivity index (χ2v) is 2.42. The highest BCUT2D eigenvalue weighted by Gasteiger charge is 1.79. The number of hydrogen-bond acceptors (Lipinski definition) is 1. The Labute approximate surface area is 73.5 Å². The van der Waals surface area contributed by atoms with E-state index in [-0.39, 0.29) is 0 Å². The molecule has 0 amide bonds. The minimum absolute atomic E-state index is 0.846. The molecule has 0 aliphatic rings. The predicted molar refractivity (Wildman–Crippen MR) is 54.5 cm³/mol. The van der Waals surface area contributed by atoms with E-state index in [9.17, 15) is 0 Å². The summed E-state index contributed by atoms with van der Waals surface area (Å²) in [5.41, 5.74) is 1.21. The molecule has 0 radical (unpaired) electrons. The molecule has 0 saturated heterocycles. The monoisotopic (exact) mass is 159 g/mol. The molecule has 1 nitrogen and oxygen atoms in total. The third kappa shape index (κ3) is 3.15. The van der Waals surface area contributed by atoms with Crippen LogP contribution >= 0.6 is 0 Å². The number of hydrogen-bond donors (Lipinski definition) is 0. The Balaban J connectivity index is 2.52. The highest BCUT2D eigenvalue weighted by molar-refractivity contribution is 5.78. The summed E-state index contributed by atoms with van der Waals surface area (Å²) in [4.78, 5) is 4.08. The van der Waals surface area contributed by atoms with Crippen molar-refractivity contribution < 1.29 is 0 Å². The summed E-state index contributed by atoms with van der Waals surface area (Å²) >= 11 is 0. The van der Waals surface area contributed by atoms with E-state index >= 15 is 0 Å². The molecule has 0 unspecified atom stereocenters. The maximum absolute atomic E-state index is 4.08. The average Bonchev–Trinajstić information content (AvgIpc) is 2.14. The molecule has 0 atom stereocenters. The van der Waals surface area contributed by atoms with Crippen LogP contribution in [0.3, 0.4) is 0 Å². The van der Waals surface area contributed by atoms with Crippen molar-refractivity contribution in [1.29, 1.82) is 0 Å². The van der Waals surface area contributed by atoms with Gasteiger partial charge in [-0.05, 0) is 18.6 Å². The Morgan fingerprint density at radius 3 is 2.67 bits per heavy atom. The van der Waals surface area contributed by atoms with Crippen LogP contribution in [0.15, 0.2) is 41.4 Å². The van der Waals surface area contributed by atoms with E-state index < -0.39 is 0 Å². The van der Waals surface area contributed by atoms with Crippen LogP contribution in [0.1, 0.15) is 12.5 Å². The van der Waals surface area contributed by atoms with E-state index in [4.69, 9.17) is 0 Å². The second kappa shape index (κ2) is 5.30. The van der Waals surface area contributed by atoms with E-state index in [1.807, 2.05) is 43.5 Å². The summed E-state index contributed by atoms with van der Waals surface area (Å²) in [6, 6.07) is 10.2. The summed E-state index contributed by atoms with van der Waals surface area (Å²) in [7, 11) is 0. The maximum Gasteiger partial charge on any atom is 0.0360 e. The smallest absolute Gasteiger partial charge is 0.0360 e. The summed E-state index contributed by atoms with van der Waals surface area (Å²) in [6.45, 7) is 2.87. The van der Waals surface area contributed by atoms with Gasteiger partial charge in [0.05, 0.1) is 0 Å². The first-order chi connectivity index (χ1) is 5.93. The van der Waals surface area contributed by atoms with Crippen LogP contribution in [0.2, 0.25) is 0 Å². The van der Waals surface area contributed by atoms with Gasteiger partial charge < -0.3 is 0 Å². The fraction of sp³-hybridized carbons (Fsp3) is 0.182. The molecule has 0 spiro atoms. The van der Waals surface area contributed by atoms with Gasteiger partial charge in [0.2, 0.25) is 0 Å². The molecule has 0 saturated carbocycles. The van der Waals surface area contributed by atoms with Crippen molar-refractivity contribution in [1.82, 2.24) is 0 Å². The van der Waals surface area contributed by atoms with Gasteiger partial charge in [0.1, 0.15) is 0 Å². The van der Waals surface area contributed by atoms with Gasteiger partial charge in [-0.2, -0.15) is 0 Å².